The fourth-order valence-electron chi connectivity index (χ4n) is 4.25. The van der Waals surface area contributed by atoms with E-state index in [1.54, 1.807) is 0 Å². The lowest BCUT2D eigenvalue weighted by atomic mass is 9.99. The predicted molar refractivity (Wildman–Crippen MR) is 108 cm³/mol. The molecule has 4 aromatic rings. The number of carbonyl (C=O) groups is 1. The number of fused-ring (bicyclic) bond motifs is 3. The summed E-state index contributed by atoms with van der Waals surface area (Å²) in [6.07, 6.45) is 0. The first-order valence-electron chi connectivity index (χ1n) is 9.25. The molecule has 132 valence electrons. The van der Waals surface area contributed by atoms with Gasteiger partial charge in [0.2, 0.25) is 0 Å². The molecular weight excluding hydrogens is 332 g/mol. The SMILES string of the molecule is Cc1c2n(c3ccccc13)C(=O)N(Cc1ccccc1)C2c1ccccc1. The van der Waals surface area contributed by atoms with Crippen molar-refractivity contribution in [2.45, 2.75) is 19.5 Å². The number of aryl methyl sites for hydroxylation is 1. The van der Waals surface area contributed by atoms with Gasteiger partial charge in [-0.3, -0.25) is 4.57 Å². The summed E-state index contributed by atoms with van der Waals surface area (Å²) in [5.74, 6) is 0. The Morgan fingerprint density at radius 2 is 1.44 bits per heavy atom. The van der Waals surface area contributed by atoms with Crippen molar-refractivity contribution in [1.29, 1.82) is 0 Å². The average Bonchev–Trinajstić information content (AvgIpc) is 3.17. The number of benzene rings is 3. The maximum Gasteiger partial charge on any atom is 0.330 e. The summed E-state index contributed by atoms with van der Waals surface area (Å²) in [6, 6.07) is 28.7. The highest BCUT2D eigenvalue weighted by atomic mass is 16.2. The van der Waals surface area contributed by atoms with E-state index in [1.165, 1.54) is 5.56 Å². The minimum atomic E-state index is -0.0775. The van der Waals surface area contributed by atoms with Gasteiger partial charge in [-0.05, 0) is 29.7 Å². The van der Waals surface area contributed by atoms with Crippen molar-refractivity contribution < 1.29 is 4.79 Å². The maximum absolute atomic E-state index is 13.5. The van der Waals surface area contributed by atoms with Crippen molar-refractivity contribution in [2.75, 3.05) is 0 Å². The maximum atomic E-state index is 13.5. The standard InChI is InChI=1S/C24H20N2O/c1-17-20-14-8-9-15-21(20)26-22(17)23(19-12-6-3-7-13-19)25(24(26)27)16-18-10-4-2-5-11-18/h2-15,23H,16H2,1H3. The van der Waals surface area contributed by atoms with Gasteiger partial charge in [0.25, 0.3) is 0 Å². The van der Waals surface area contributed by atoms with Crippen LogP contribution in [0.1, 0.15) is 28.4 Å². The number of nitrogens with zero attached hydrogens (tertiary/aromatic N) is 2. The van der Waals surface area contributed by atoms with Crippen LogP contribution in [0.5, 0.6) is 0 Å². The fraction of sp³-hybridized carbons (Fsp3) is 0.125. The van der Waals surface area contributed by atoms with Crippen molar-refractivity contribution >= 4 is 16.9 Å². The molecule has 2 heterocycles. The van der Waals surface area contributed by atoms with Gasteiger partial charge in [-0.1, -0.05) is 78.9 Å². The average molecular weight is 352 g/mol. The lowest BCUT2D eigenvalue weighted by Crippen LogP contribution is -2.29. The summed E-state index contributed by atoms with van der Waals surface area (Å²) in [5.41, 5.74) is 5.55. The van der Waals surface area contributed by atoms with Crippen LogP contribution < -0.4 is 0 Å². The molecule has 1 aliphatic heterocycles. The van der Waals surface area contributed by atoms with Crippen molar-refractivity contribution in [3.63, 3.8) is 0 Å². The van der Waals surface area contributed by atoms with Crippen LogP contribution >= 0.6 is 0 Å². The molecule has 3 aromatic carbocycles. The van der Waals surface area contributed by atoms with E-state index in [0.29, 0.717) is 6.54 Å². The number of carbonyl (C=O) groups excluding carboxylic acids is 1. The molecular formula is C24H20N2O. The van der Waals surface area contributed by atoms with Crippen LogP contribution in [-0.4, -0.2) is 15.5 Å². The molecule has 3 nitrogen and oxygen atoms in total. The van der Waals surface area contributed by atoms with Crippen LogP contribution in [0.3, 0.4) is 0 Å². The van der Waals surface area contributed by atoms with Crippen LogP contribution in [-0.2, 0) is 6.54 Å². The zero-order chi connectivity index (χ0) is 18.4. The molecule has 3 heteroatoms. The second-order valence-electron chi connectivity index (χ2n) is 7.07. The van der Waals surface area contributed by atoms with Gasteiger partial charge in [0, 0.05) is 11.9 Å². The zero-order valence-electron chi connectivity index (χ0n) is 15.2. The van der Waals surface area contributed by atoms with Crippen LogP contribution in [0.25, 0.3) is 10.9 Å². The summed E-state index contributed by atoms with van der Waals surface area (Å²) in [5, 5.41) is 1.15. The number of amides is 1. The predicted octanol–water partition coefficient (Wildman–Crippen LogP) is 5.52. The molecule has 0 aliphatic carbocycles. The number of hydrogen-bond donors (Lipinski definition) is 0. The highest BCUT2D eigenvalue weighted by molar-refractivity contribution is 5.98. The highest BCUT2D eigenvalue weighted by Gasteiger charge is 2.40. The molecule has 5 rings (SSSR count). The Labute approximate surface area is 158 Å². The van der Waals surface area contributed by atoms with Gasteiger partial charge < -0.3 is 4.90 Å². The summed E-state index contributed by atoms with van der Waals surface area (Å²) in [7, 11) is 0. The molecule has 0 N–H and O–H groups in total. The molecule has 1 unspecified atom stereocenters. The smallest absolute Gasteiger partial charge is 0.307 e. The molecule has 0 saturated carbocycles. The molecule has 0 spiro atoms. The first kappa shape index (κ1) is 15.9. The molecule has 1 atom stereocenters. The van der Waals surface area contributed by atoms with Gasteiger partial charge >= 0.3 is 6.03 Å². The third-order valence-corrected chi connectivity index (χ3v) is 5.49. The molecule has 27 heavy (non-hydrogen) atoms. The minimum Gasteiger partial charge on any atom is -0.307 e. The number of para-hydroxylation sites is 1. The largest absolute Gasteiger partial charge is 0.330 e. The van der Waals surface area contributed by atoms with Gasteiger partial charge in [-0.15, -0.1) is 0 Å². The van der Waals surface area contributed by atoms with Gasteiger partial charge in [-0.25, -0.2) is 4.79 Å². The van der Waals surface area contributed by atoms with E-state index in [-0.39, 0.29) is 12.1 Å². The van der Waals surface area contributed by atoms with Crippen molar-refractivity contribution in [2.24, 2.45) is 0 Å². The van der Waals surface area contributed by atoms with Crippen LogP contribution in [0, 0.1) is 6.92 Å². The summed E-state index contributed by atoms with van der Waals surface area (Å²) >= 11 is 0. The Morgan fingerprint density at radius 3 is 2.19 bits per heavy atom. The second-order valence-corrected chi connectivity index (χ2v) is 7.07. The van der Waals surface area contributed by atoms with E-state index in [9.17, 15) is 4.79 Å². The van der Waals surface area contributed by atoms with E-state index in [2.05, 4.69) is 37.3 Å². The van der Waals surface area contributed by atoms with Crippen molar-refractivity contribution in [1.82, 2.24) is 9.47 Å². The molecule has 1 amide bonds. The topological polar surface area (TPSA) is 25.2 Å². The minimum absolute atomic E-state index is 0.0482. The van der Waals surface area contributed by atoms with E-state index < -0.39 is 0 Å². The Bertz CT molecular complexity index is 1130. The summed E-state index contributed by atoms with van der Waals surface area (Å²) in [4.78, 5) is 15.5. The highest BCUT2D eigenvalue weighted by Crippen LogP contribution is 2.42. The van der Waals surface area contributed by atoms with Gasteiger partial charge in [0.1, 0.15) is 6.04 Å². The number of aromatic nitrogens is 1. The lowest BCUT2D eigenvalue weighted by molar-refractivity contribution is 0.199. The monoisotopic (exact) mass is 352 g/mol. The van der Waals surface area contributed by atoms with E-state index in [0.717, 1.165) is 27.7 Å². The third-order valence-electron chi connectivity index (χ3n) is 5.49. The summed E-state index contributed by atoms with van der Waals surface area (Å²) in [6.45, 7) is 2.72. The molecule has 0 radical (unpaired) electrons. The third kappa shape index (κ3) is 2.39. The van der Waals surface area contributed by atoms with Crippen molar-refractivity contribution in [3.05, 3.63) is 107 Å². The molecule has 0 fully saturated rings. The molecule has 1 aromatic heterocycles. The fourth-order valence-corrected chi connectivity index (χ4v) is 4.25. The van der Waals surface area contributed by atoms with Gasteiger partial charge in [0.15, 0.2) is 0 Å². The van der Waals surface area contributed by atoms with Gasteiger partial charge in [-0.2, -0.15) is 0 Å². The van der Waals surface area contributed by atoms with E-state index in [1.807, 2.05) is 64.1 Å². The molecule has 1 aliphatic rings. The quantitative estimate of drug-likeness (QED) is 0.476. The lowest BCUT2D eigenvalue weighted by Gasteiger charge is -2.25. The normalized spacial score (nSPS) is 16.1. The Morgan fingerprint density at radius 1 is 0.815 bits per heavy atom. The zero-order valence-corrected chi connectivity index (χ0v) is 15.2. The van der Waals surface area contributed by atoms with Crippen molar-refractivity contribution in [3.8, 4) is 0 Å². The molecule has 0 saturated heterocycles. The Balaban J connectivity index is 1.72. The first-order chi connectivity index (χ1) is 13.3. The number of hydrogen-bond acceptors (Lipinski definition) is 1. The van der Waals surface area contributed by atoms with Crippen LogP contribution in [0.15, 0.2) is 84.9 Å². The Hall–Kier alpha value is -3.33. The Kier molecular flexibility index (Phi) is 3.61. The molecule has 0 bridgehead atoms. The van der Waals surface area contributed by atoms with Crippen LogP contribution in [0.4, 0.5) is 4.79 Å². The number of rotatable bonds is 3. The summed E-state index contributed by atoms with van der Waals surface area (Å²) < 4.78 is 1.91. The second kappa shape index (κ2) is 6.13. The van der Waals surface area contributed by atoms with Crippen LogP contribution in [0.2, 0.25) is 0 Å². The van der Waals surface area contributed by atoms with E-state index in [4.69, 9.17) is 0 Å². The first-order valence-corrected chi connectivity index (χ1v) is 9.25. The van der Waals surface area contributed by atoms with E-state index >= 15 is 0 Å². The van der Waals surface area contributed by atoms with Gasteiger partial charge in [0.05, 0.1) is 11.2 Å².